The first-order valence-corrected chi connectivity index (χ1v) is 5.49. The normalized spacial score (nSPS) is 10.6. The van der Waals surface area contributed by atoms with Crippen molar-refractivity contribution >= 4 is 0 Å². The summed E-state index contributed by atoms with van der Waals surface area (Å²) in [5, 5.41) is 13.5. The summed E-state index contributed by atoms with van der Waals surface area (Å²) in [5.41, 5.74) is 2.65. The van der Waals surface area contributed by atoms with Gasteiger partial charge in [0.05, 0.1) is 17.9 Å². The predicted octanol–water partition coefficient (Wildman–Crippen LogP) is 2.32. The number of hydrogen-bond donors (Lipinski definition) is 1. The molecule has 0 saturated heterocycles. The number of rotatable bonds is 3. The molecule has 0 atom stereocenters. The first-order chi connectivity index (χ1) is 8.11. The highest BCUT2D eigenvalue weighted by molar-refractivity contribution is 5.36. The number of nitrogens with zero attached hydrogens (tertiary/aromatic N) is 2. The van der Waals surface area contributed by atoms with Crippen LogP contribution in [0.25, 0.3) is 0 Å². The van der Waals surface area contributed by atoms with Gasteiger partial charge in [-0.25, -0.2) is 4.68 Å². The number of aryl methyl sites for hydroxylation is 3. The van der Waals surface area contributed by atoms with Crippen molar-refractivity contribution in [2.45, 2.75) is 20.5 Å². The molecule has 1 aromatic carbocycles. The lowest BCUT2D eigenvalue weighted by molar-refractivity contribution is 0.274. The van der Waals surface area contributed by atoms with Crippen molar-refractivity contribution in [1.29, 1.82) is 0 Å². The molecule has 1 N–H and O–H groups in total. The van der Waals surface area contributed by atoms with Gasteiger partial charge in [0.1, 0.15) is 5.75 Å². The minimum atomic E-state index is -0.0686. The zero-order chi connectivity index (χ0) is 12.4. The number of aromatic nitrogens is 2. The van der Waals surface area contributed by atoms with Crippen LogP contribution in [0.3, 0.4) is 0 Å². The van der Waals surface area contributed by atoms with Crippen molar-refractivity contribution in [2.75, 3.05) is 0 Å². The van der Waals surface area contributed by atoms with E-state index in [1.54, 1.807) is 11.7 Å². The first-order valence-electron chi connectivity index (χ1n) is 5.49. The maximum atomic E-state index is 9.31. The maximum Gasteiger partial charge on any atom is 0.223 e. The van der Waals surface area contributed by atoms with Crippen molar-refractivity contribution < 1.29 is 9.84 Å². The van der Waals surface area contributed by atoms with Crippen LogP contribution in [0, 0.1) is 13.8 Å². The monoisotopic (exact) mass is 232 g/mol. The number of hydrogen-bond acceptors (Lipinski definition) is 3. The molecule has 0 fully saturated rings. The topological polar surface area (TPSA) is 47.3 Å². The molecule has 2 rings (SSSR count). The second-order valence-corrected chi connectivity index (χ2v) is 4.07. The van der Waals surface area contributed by atoms with E-state index in [-0.39, 0.29) is 6.61 Å². The molecule has 0 bridgehead atoms. The molecule has 1 heterocycles. The Morgan fingerprint density at radius 1 is 1.35 bits per heavy atom. The maximum absolute atomic E-state index is 9.31. The molecule has 17 heavy (non-hydrogen) atoms. The van der Waals surface area contributed by atoms with Crippen molar-refractivity contribution in [3.8, 4) is 11.6 Å². The van der Waals surface area contributed by atoms with Gasteiger partial charge < -0.3 is 9.84 Å². The lowest BCUT2D eigenvalue weighted by Crippen LogP contribution is -1.97. The smallest absolute Gasteiger partial charge is 0.223 e. The number of benzene rings is 1. The van der Waals surface area contributed by atoms with Crippen LogP contribution in [0.5, 0.6) is 11.6 Å². The molecule has 90 valence electrons. The number of aliphatic hydroxyl groups excluding tert-OH is 1. The quantitative estimate of drug-likeness (QED) is 0.883. The lowest BCUT2D eigenvalue weighted by atomic mass is 10.2. The molecule has 2 aromatic rings. The van der Waals surface area contributed by atoms with Crippen LogP contribution in [-0.4, -0.2) is 14.9 Å². The van der Waals surface area contributed by atoms with Crippen LogP contribution < -0.4 is 4.74 Å². The van der Waals surface area contributed by atoms with E-state index in [0.29, 0.717) is 5.88 Å². The third-order valence-corrected chi connectivity index (χ3v) is 2.65. The van der Waals surface area contributed by atoms with Gasteiger partial charge in [-0.3, -0.25) is 0 Å². The Balaban J connectivity index is 2.36. The summed E-state index contributed by atoms with van der Waals surface area (Å²) in [7, 11) is 1.80. The highest BCUT2D eigenvalue weighted by Gasteiger charge is 2.14. The van der Waals surface area contributed by atoms with E-state index >= 15 is 0 Å². The molecule has 0 unspecified atom stereocenters. The Hall–Kier alpha value is -1.81. The Labute approximate surface area is 100 Å². The Bertz CT molecular complexity index is 532. The summed E-state index contributed by atoms with van der Waals surface area (Å²) in [6.45, 7) is 3.80. The summed E-state index contributed by atoms with van der Waals surface area (Å²) in [6.07, 6.45) is 0. The standard InChI is InChI=1S/C13H16N2O2/c1-9-5-4-6-11(7-9)17-13-12(8-16)10(2)14-15(13)3/h4-7,16H,8H2,1-3H3. The van der Waals surface area contributed by atoms with E-state index in [0.717, 1.165) is 22.6 Å². The van der Waals surface area contributed by atoms with E-state index in [9.17, 15) is 5.11 Å². The zero-order valence-corrected chi connectivity index (χ0v) is 10.3. The second kappa shape index (κ2) is 4.59. The van der Waals surface area contributed by atoms with Crippen molar-refractivity contribution in [3.63, 3.8) is 0 Å². The van der Waals surface area contributed by atoms with Crippen LogP contribution in [0.4, 0.5) is 0 Å². The van der Waals surface area contributed by atoms with Crippen LogP contribution in [0.15, 0.2) is 24.3 Å². The molecule has 0 saturated carbocycles. The van der Waals surface area contributed by atoms with Gasteiger partial charge in [-0.15, -0.1) is 0 Å². The van der Waals surface area contributed by atoms with Gasteiger partial charge in [-0.1, -0.05) is 12.1 Å². The van der Waals surface area contributed by atoms with Gasteiger partial charge in [0.2, 0.25) is 5.88 Å². The van der Waals surface area contributed by atoms with E-state index in [2.05, 4.69) is 5.10 Å². The molecule has 0 aliphatic rings. The minimum absolute atomic E-state index is 0.0686. The highest BCUT2D eigenvalue weighted by Crippen LogP contribution is 2.27. The second-order valence-electron chi connectivity index (χ2n) is 4.07. The van der Waals surface area contributed by atoms with Gasteiger partial charge in [0, 0.05) is 7.05 Å². The first kappa shape index (κ1) is 11.7. The summed E-state index contributed by atoms with van der Waals surface area (Å²) < 4.78 is 7.42. The van der Waals surface area contributed by atoms with E-state index in [4.69, 9.17) is 4.74 Å². The Morgan fingerprint density at radius 2 is 2.12 bits per heavy atom. The summed E-state index contributed by atoms with van der Waals surface area (Å²) in [6, 6.07) is 7.78. The minimum Gasteiger partial charge on any atom is -0.439 e. The average Bonchev–Trinajstić information content (AvgIpc) is 2.53. The van der Waals surface area contributed by atoms with Gasteiger partial charge in [-0.05, 0) is 31.5 Å². The van der Waals surface area contributed by atoms with Crippen LogP contribution in [-0.2, 0) is 13.7 Å². The van der Waals surface area contributed by atoms with Crippen molar-refractivity contribution in [1.82, 2.24) is 9.78 Å². The number of aliphatic hydroxyl groups is 1. The van der Waals surface area contributed by atoms with Gasteiger partial charge in [0.15, 0.2) is 0 Å². The molecular formula is C13H16N2O2. The molecular weight excluding hydrogens is 216 g/mol. The SMILES string of the molecule is Cc1cccc(Oc2c(CO)c(C)nn2C)c1. The molecule has 1 aromatic heterocycles. The van der Waals surface area contributed by atoms with Crippen LogP contribution >= 0.6 is 0 Å². The van der Waals surface area contributed by atoms with Gasteiger partial charge in [-0.2, -0.15) is 5.10 Å². The third-order valence-electron chi connectivity index (χ3n) is 2.65. The summed E-state index contributed by atoms with van der Waals surface area (Å²) >= 11 is 0. The third kappa shape index (κ3) is 2.31. The molecule has 4 nitrogen and oxygen atoms in total. The summed E-state index contributed by atoms with van der Waals surface area (Å²) in [4.78, 5) is 0. The van der Waals surface area contributed by atoms with Crippen LogP contribution in [0.2, 0.25) is 0 Å². The molecule has 0 aliphatic heterocycles. The fourth-order valence-corrected chi connectivity index (χ4v) is 1.78. The zero-order valence-electron chi connectivity index (χ0n) is 10.3. The average molecular weight is 232 g/mol. The molecule has 0 radical (unpaired) electrons. The van der Waals surface area contributed by atoms with Crippen molar-refractivity contribution in [3.05, 3.63) is 41.1 Å². The Morgan fingerprint density at radius 3 is 2.76 bits per heavy atom. The summed E-state index contributed by atoms with van der Waals surface area (Å²) in [5.74, 6) is 1.35. The highest BCUT2D eigenvalue weighted by atomic mass is 16.5. The molecule has 0 spiro atoms. The molecule has 4 heteroatoms. The lowest BCUT2D eigenvalue weighted by Gasteiger charge is -2.08. The van der Waals surface area contributed by atoms with Gasteiger partial charge in [0.25, 0.3) is 0 Å². The Kier molecular flexibility index (Phi) is 3.15. The molecule has 0 amide bonds. The van der Waals surface area contributed by atoms with Gasteiger partial charge >= 0.3 is 0 Å². The van der Waals surface area contributed by atoms with E-state index in [1.165, 1.54) is 0 Å². The number of ether oxygens (including phenoxy) is 1. The predicted molar refractivity (Wildman–Crippen MR) is 65.1 cm³/mol. The van der Waals surface area contributed by atoms with Crippen LogP contribution in [0.1, 0.15) is 16.8 Å². The largest absolute Gasteiger partial charge is 0.439 e. The fraction of sp³-hybridized carbons (Fsp3) is 0.308. The van der Waals surface area contributed by atoms with E-state index in [1.807, 2.05) is 38.1 Å². The van der Waals surface area contributed by atoms with E-state index < -0.39 is 0 Å². The molecule has 0 aliphatic carbocycles. The van der Waals surface area contributed by atoms with Crippen molar-refractivity contribution in [2.24, 2.45) is 7.05 Å². The fourth-order valence-electron chi connectivity index (χ4n) is 1.78.